The molecule has 2 aromatic rings. The van der Waals surface area contributed by atoms with E-state index in [1.54, 1.807) is 12.1 Å². The van der Waals surface area contributed by atoms with Crippen molar-refractivity contribution >= 4 is 22.6 Å². The van der Waals surface area contributed by atoms with Gasteiger partial charge in [0, 0.05) is 11.9 Å². The highest BCUT2D eigenvalue weighted by Gasteiger charge is 2.37. The summed E-state index contributed by atoms with van der Waals surface area (Å²) in [7, 11) is 0. The molecule has 1 fully saturated rings. The van der Waals surface area contributed by atoms with Gasteiger partial charge in [0.2, 0.25) is 0 Å². The molecule has 1 saturated heterocycles. The van der Waals surface area contributed by atoms with Gasteiger partial charge >= 0.3 is 0 Å². The van der Waals surface area contributed by atoms with Gasteiger partial charge in [0.15, 0.2) is 11.3 Å². The van der Waals surface area contributed by atoms with E-state index in [0.717, 1.165) is 18.4 Å². The molecule has 1 aromatic heterocycles. The number of benzene rings is 1. The fourth-order valence-corrected chi connectivity index (χ4v) is 2.55. The summed E-state index contributed by atoms with van der Waals surface area (Å²) in [6.45, 7) is 1.18. The lowest BCUT2D eigenvalue weighted by atomic mass is 9.93. The third-order valence-electron chi connectivity index (χ3n) is 3.27. The zero-order valence-corrected chi connectivity index (χ0v) is 10.1. The van der Waals surface area contributed by atoms with Crippen LogP contribution in [0.1, 0.15) is 18.6 Å². The fraction of sp³-hybridized carbons (Fsp3) is 0.385. The van der Waals surface area contributed by atoms with Gasteiger partial charge in [-0.2, -0.15) is 0 Å². The molecule has 0 bridgehead atoms. The van der Waals surface area contributed by atoms with Gasteiger partial charge in [0.25, 0.3) is 0 Å². The SMILES string of the molecule is FC1(c2cc3cccc(Cl)c3o2)CCCNC1. The molecule has 1 aromatic carbocycles. The first-order valence-electron chi connectivity index (χ1n) is 5.77. The van der Waals surface area contributed by atoms with Crippen molar-refractivity contribution in [2.75, 3.05) is 13.1 Å². The van der Waals surface area contributed by atoms with Crippen molar-refractivity contribution in [3.63, 3.8) is 0 Å². The number of halogens is 2. The first-order chi connectivity index (χ1) is 8.19. The second kappa shape index (κ2) is 4.00. The normalized spacial score (nSPS) is 25.3. The molecule has 1 aliphatic rings. The Bertz CT molecular complexity index is 545. The fourth-order valence-electron chi connectivity index (χ4n) is 2.33. The van der Waals surface area contributed by atoms with Gasteiger partial charge in [-0.05, 0) is 31.5 Å². The second-order valence-corrected chi connectivity index (χ2v) is 4.92. The predicted octanol–water partition coefficient (Wildman–Crippen LogP) is 3.63. The number of nitrogens with one attached hydrogen (secondary N) is 1. The van der Waals surface area contributed by atoms with Crippen molar-refractivity contribution in [1.29, 1.82) is 0 Å². The smallest absolute Gasteiger partial charge is 0.180 e. The minimum absolute atomic E-state index is 0.310. The topological polar surface area (TPSA) is 25.2 Å². The molecular formula is C13H13ClFNO. The predicted molar refractivity (Wildman–Crippen MR) is 66.1 cm³/mol. The summed E-state index contributed by atoms with van der Waals surface area (Å²) in [4.78, 5) is 0. The highest BCUT2D eigenvalue weighted by molar-refractivity contribution is 6.34. The standard InChI is InChI=1S/C13H13ClFNO/c14-10-4-1-3-9-7-11(17-12(9)10)13(15)5-2-6-16-8-13/h1,3-4,7,16H,2,5-6,8H2. The van der Waals surface area contributed by atoms with Gasteiger partial charge in [0.05, 0.1) is 5.02 Å². The number of piperidine rings is 1. The van der Waals surface area contributed by atoms with E-state index < -0.39 is 5.67 Å². The van der Waals surface area contributed by atoms with E-state index in [1.807, 2.05) is 12.1 Å². The Morgan fingerprint density at radius 2 is 2.29 bits per heavy atom. The Balaban J connectivity index is 2.08. The zero-order chi connectivity index (χ0) is 11.9. The van der Waals surface area contributed by atoms with E-state index in [9.17, 15) is 4.39 Å². The summed E-state index contributed by atoms with van der Waals surface area (Å²) in [6.07, 6.45) is 1.32. The summed E-state index contributed by atoms with van der Waals surface area (Å²) in [6, 6.07) is 7.23. The molecular weight excluding hydrogens is 241 g/mol. The largest absolute Gasteiger partial charge is 0.456 e. The molecule has 0 amide bonds. The summed E-state index contributed by atoms with van der Waals surface area (Å²) >= 11 is 6.02. The number of rotatable bonds is 1. The number of hydrogen-bond donors (Lipinski definition) is 1. The van der Waals surface area contributed by atoms with Crippen molar-refractivity contribution in [2.45, 2.75) is 18.5 Å². The molecule has 0 spiro atoms. The van der Waals surface area contributed by atoms with Crippen molar-refractivity contribution in [1.82, 2.24) is 5.32 Å². The van der Waals surface area contributed by atoms with Gasteiger partial charge in [-0.25, -0.2) is 4.39 Å². The molecule has 2 nitrogen and oxygen atoms in total. The van der Waals surface area contributed by atoms with Crippen molar-refractivity contribution in [2.24, 2.45) is 0 Å². The van der Waals surface area contributed by atoms with Gasteiger partial charge in [0.1, 0.15) is 5.76 Å². The van der Waals surface area contributed by atoms with Crippen molar-refractivity contribution in [3.05, 3.63) is 35.0 Å². The number of furan rings is 1. The Kier molecular flexibility index (Phi) is 2.60. The van der Waals surface area contributed by atoms with E-state index >= 15 is 0 Å². The molecule has 1 N–H and O–H groups in total. The summed E-state index contributed by atoms with van der Waals surface area (Å²) in [5, 5.41) is 4.45. The molecule has 0 saturated carbocycles. The number of alkyl halides is 1. The third kappa shape index (κ3) is 1.83. The highest BCUT2D eigenvalue weighted by Crippen LogP contribution is 2.37. The van der Waals surface area contributed by atoms with E-state index in [1.165, 1.54) is 0 Å². The van der Waals surface area contributed by atoms with Crippen LogP contribution < -0.4 is 5.32 Å². The van der Waals surface area contributed by atoms with Crippen LogP contribution in [0.5, 0.6) is 0 Å². The maximum atomic E-state index is 14.7. The van der Waals surface area contributed by atoms with Crippen LogP contribution in [-0.2, 0) is 5.67 Å². The molecule has 17 heavy (non-hydrogen) atoms. The first kappa shape index (κ1) is 11.1. The summed E-state index contributed by atoms with van der Waals surface area (Å²) in [5.74, 6) is 0.382. The average molecular weight is 254 g/mol. The van der Waals surface area contributed by atoms with E-state index in [0.29, 0.717) is 29.3 Å². The van der Waals surface area contributed by atoms with Crippen LogP contribution in [0.25, 0.3) is 11.0 Å². The molecule has 3 rings (SSSR count). The lowest BCUT2D eigenvalue weighted by Gasteiger charge is -2.27. The van der Waals surface area contributed by atoms with E-state index in [-0.39, 0.29) is 0 Å². The zero-order valence-electron chi connectivity index (χ0n) is 9.30. The molecule has 1 atom stereocenters. The van der Waals surface area contributed by atoms with Crippen LogP contribution in [0.2, 0.25) is 5.02 Å². The van der Waals surface area contributed by atoms with Crippen LogP contribution in [-0.4, -0.2) is 13.1 Å². The summed E-state index contributed by atoms with van der Waals surface area (Å²) < 4.78 is 20.3. The van der Waals surface area contributed by atoms with E-state index in [4.69, 9.17) is 16.0 Å². The quantitative estimate of drug-likeness (QED) is 0.840. The maximum absolute atomic E-state index is 14.7. The van der Waals surface area contributed by atoms with Crippen LogP contribution in [0.4, 0.5) is 4.39 Å². The Hall–Kier alpha value is -1.06. The first-order valence-corrected chi connectivity index (χ1v) is 6.15. The maximum Gasteiger partial charge on any atom is 0.180 e. The summed E-state index contributed by atoms with van der Waals surface area (Å²) in [5.41, 5.74) is -0.826. The molecule has 90 valence electrons. The van der Waals surface area contributed by atoms with Crippen molar-refractivity contribution < 1.29 is 8.81 Å². The van der Waals surface area contributed by atoms with Crippen LogP contribution >= 0.6 is 11.6 Å². The van der Waals surface area contributed by atoms with Gasteiger partial charge in [-0.15, -0.1) is 0 Å². The van der Waals surface area contributed by atoms with E-state index in [2.05, 4.69) is 5.32 Å². The Labute approximate surface area is 104 Å². The molecule has 0 aliphatic carbocycles. The number of para-hydroxylation sites is 1. The average Bonchev–Trinajstić information content (AvgIpc) is 2.76. The number of fused-ring (bicyclic) bond motifs is 1. The Morgan fingerprint density at radius 3 is 3.00 bits per heavy atom. The lowest BCUT2D eigenvalue weighted by molar-refractivity contribution is 0.0954. The molecule has 4 heteroatoms. The lowest BCUT2D eigenvalue weighted by Crippen LogP contribution is -2.39. The van der Waals surface area contributed by atoms with Crippen LogP contribution in [0.3, 0.4) is 0 Å². The second-order valence-electron chi connectivity index (χ2n) is 4.51. The highest BCUT2D eigenvalue weighted by atomic mass is 35.5. The van der Waals surface area contributed by atoms with Gasteiger partial charge in [-0.1, -0.05) is 23.7 Å². The monoisotopic (exact) mass is 253 g/mol. The molecule has 0 radical (unpaired) electrons. The molecule has 2 heterocycles. The minimum atomic E-state index is -1.40. The number of hydrogen-bond acceptors (Lipinski definition) is 2. The van der Waals surface area contributed by atoms with Crippen LogP contribution in [0, 0.1) is 0 Å². The van der Waals surface area contributed by atoms with Gasteiger partial charge < -0.3 is 9.73 Å². The molecule has 1 unspecified atom stereocenters. The Morgan fingerprint density at radius 1 is 1.41 bits per heavy atom. The van der Waals surface area contributed by atoms with Crippen molar-refractivity contribution in [3.8, 4) is 0 Å². The van der Waals surface area contributed by atoms with Crippen LogP contribution in [0.15, 0.2) is 28.7 Å². The molecule has 1 aliphatic heterocycles. The van der Waals surface area contributed by atoms with Gasteiger partial charge in [-0.3, -0.25) is 0 Å². The minimum Gasteiger partial charge on any atom is -0.456 e. The third-order valence-corrected chi connectivity index (χ3v) is 3.57.